The van der Waals surface area contributed by atoms with E-state index in [-0.39, 0.29) is 55.0 Å². The number of furan rings is 1. The van der Waals surface area contributed by atoms with E-state index in [0.717, 1.165) is 36.3 Å². The normalized spacial score (nSPS) is 15.6. The maximum absolute atomic E-state index is 9.48. The number of hydrogen-bond donors (Lipinski definition) is 0. The minimum Gasteiger partial charge on any atom is -0.456 e. The third-order valence-corrected chi connectivity index (χ3v) is 11.9. The van der Waals surface area contributed by atoms with Gasteiger partial charge in [0, 0.05) is 43.1 Å². The summed E-state index contributed by atoms with van der Waals surface area (Å²) in [6, 6.07) is 23.4. The quantitative estimate of drug-likeness (QED) is 0.173. The molecule has 7 nitrogen and oxygen atoms in total. The molecule has 0 unspecified atom stereocenters. The van der Waals surface area contributed by atoms with E-state index in [1.165, 1.54) is 0 Å². The molecule has 0 atom stereocenters. The van der Waals surface area contributed by atoms with Gasteiger partial charge < -0.3 is 8.98 Å². The van der Waals surface area contributed by atoms with Gasteiger partial charge in [-0.3, -0.25) is 9.13 Å². The molecule has 5 heterocycles. The molecule has 14 rings (SSSR count). The van der Waals surface area contributed by atoms with Crippen LogP contribution in [0.3, 0.4) is 0 Å². The molecule has 9 aromatic carbocycles. The van der Waals surface area contributed by atoms with Gasteiger partial charge in [-0.2, -0.15) is 15.0 Å². The molecule has 0 spiro atoms. The Bertz CT molecular complexity index is 4790. The number of para-hydroxylation sites is 7. The van der Waals surface area contributed by atoms with E-state index in [2.05, 4.69) is 0 Å². The van der Waals surface area contributed by atoms with Crippen molar-refractivity contribution in [2.45, 2.75) is 0 Å². The summed E-state index contributed by atoms with van der Waals surface area (Å²) in [6.45, 7) is 0. The molecule has 298 valence electrons. The first-order chi connectivity index (χ1) is 38.4. The average molecular weight is 835 g/mol. The lowest BCUT2D eigenvalue weighted by molar-refractivity contribution is 0.669. The third kappa shape index (κ3) is 4.89. The predicted octanol–water partition coefficient (Wildman–Crippen LogP) is 14.4. The van der Waals surface area contributed by atoms with Crippen molar-refractivity contribution in [2.24, 2.45) is 0 Å². The molecule has 5 aromatic heterocycles. The van der Waals surface area contributed by atoms with Gasteiger partial charge in [0.25, 0.3) is 0 Å². The number of fused-ring (bicyclic) bond motifs is 12. The Morgan fingerprint density at radius 2 is 0.812 bits per heavy atom. The van der Waals surface area contributed by atoms with E-state index in [4.69, 9.17) is 30.3 Å². The Kier molecular flexibility index (Phi) is 4.77. The third-order valence-electron chi connectivity index (χ3n) is 11.9. The Hall–Kier alpha value is -8.81. The zero-order valence-corrected chi connectivity index (χ0v) is 33.0. The summed E-state index contributed by atoms with van der Waals surface area (Å²) in [4.78, 5) is 15.5. The SMILES string of the molecule is [2H]c1c([2H])c([2H])c2c(c1[2H])c1c([2H])c([2H])c([2H])c([2H])c1n2-c1nc(-c2c(-c3cccc4oc5ccccc5c34)cccc2-n2c3ccccc3c3ccccc32)nc(-n2c3c([2H])c([2H])c([2H])c([2H])c3c3c([2H])c([2H])c([2H])c([2H])c32)n1. The van der Waals surface area contributed by atoms with Gasteiger partial charge in [0.2, 0.25) is 11.9 Å². The van der Waals surface area contributed by atoms with Gasteiger partial charge in [-0.15, -0.1) is 0 Å². The fourth-order valence-electron chi connectivity index (χ4n) is 9.27. The Labute approximate surface area is 387 Å². The van der Waals surface area contributed by atoms with Gasteiger partial charge in [0.15, 0.2) is 5.82 Å². The van der Waals surface area contributed by atoms with Crippen LogP contribution < -0.4 is 0 Å². The molecule has 0 N–H and O–H groups in total. The average Bonchev–Trinajstić information content (AvgIpc) is 4.38. The Morgan fingerprint density at radius 1 is 0.359 bits per heavy atom. The fraction of sp³-hybridized carbons (Fsp3) is 0. The fourth-order valence-corrected chi connectivity index (χ4v) is 9.27. The minimum absolute atomic E-state index is 0.199. The molecule has 0 fully saturated rings. The van der Waals surface area contributed by atoms with Gasteiger partial charge in [-0.25, -0.2) is 0 Å². The van der Waals surface area contributed by atoms with E-state index >= 15 is 0 Å². The highest BCUT2D eigenvalue weighted by molar-refractivity contribution is 6.15. The summed E-state index contributed by atoms with van der Waals surface area (Å²) in [5, 5.41) is 2.12. The van der Waals surface area contributed by atoms with Crippen LogP contribution in [-0.2, 0) is 0 Å². The first-order valence-electron chi connectivity index (χ1n) is 28.2. The van der Waals surface area contributed by atoms with E-state index in [0.29, 0.717) is 33.4 Å². The van der Waals surface area contributed by atoms with Gasteiger partial charge in [-0.1, -0.05) is 151 Å². The molecular formula is C57H34N6O. The molecule has 0 amide bonds. The van der Waals surface area contributed by atoms with Crippen LogP contribution in [0.2, 0.25) is 0 Å². The topological polar surface area (TPSA) is 66.6 Å². The lowest BCUT2D eigenvalue weighted by Gasteiger charge is -2.19. The molecule has 0 aliphatic rings. The predicted molar refractivity (Wildman–Crippen MR) is 261 cm³/mol. The van der Waals surface area contributed by atoms with E-state index < -0.39 is 109 Å². The summed E-state index contributed by atoms with van der Waals surface area (Å²) in [5.41, 5.74) is 3.16. The molecule has 0 aliphatic heterocycles. The standard InChI is InChI=1S/C57H34N6O/c1-8-26-44-35(17-1)36-18-2-9-27-45(36)61(44)50-32-15-24-42(41-25-16-34-52-53(41)43-23-7-14-33-51(43)64-52)54(50)55-58-56(62-46-28-10-3-19-37(46)38-20-4-11-29-47(38)62)60-57(59-55)63-48-30-12-5-21-39(48)40-22-6-13-31-49(40)63/h1-34H/i3D,4D,5D,6D,10D,11D,12D,13D,19D,20D,21D,22D,28D,29D,30D,31D. The lowest BCUT2D eigenvalue weighted by atomic mass is 9.93. The van der Waals surface area contributed by atoms with Crippen LogP contribution in [0.1, 0.15) is 21.9 Å². The molecule has 7 heteroatoms. The highest BCUT2D eigenvalue weighted by Gasteiger charge is 2.26. The maximum Gasteiger partial charge on any atom is 0.240 e. The highest BCUT2D eigenvalue weighted by atomic mass is 16.3. The first-order valence-corrected chi connectivity index (χ1v) is 20.2. The molecule has 0 radical (unpaired) electrons. The summed E-state index contributed by atoms with van der Waals surface area (Å²) in [6.07, 6.45) is 0. The Morgan fingerprint density at radius 3 is 1.38 bits per heavy atom. The van der Waals surface area contributed by atoms with Crippen LogP contribution in [0.5, 0.6) is 0 Å². The van der Waals surface area contributed by atoms with Crippen molar-refractivity contribution in [3.63, 3.8) is 0 Å². The van der Waals surface area contributed by atoms with Crippen molar-refractivity contribution >= 4 is 87.4 Å². The second-order valence-electron chi connectivity index (χ2n) is 15.2. The highest BCUT2D eigenvalue weighted by Crippen LogP contribution is 2.45. The van der Waals surface area contributed by atoms with Crippen molar-refractivity contribution in [3.05, 3.63) is 206 Å². The van der Waals surface area contributed by atoms with Crippen LogP contribution in [-0.4, -0.2) is 28.7 Å². The van der Waals surface area contributed by atoms with Crippen molar-refractivity contribution in [3.8, 4) is 40.1 Å². The number of aromatic nitrogens is 6. The molecule has 0 saturated heterocycles. The number of benzene rings is 9. The maximum atomic E-state index is 9.48. The molecule has 0 bridgehead atoms. The number of hydrogen-bond acceptors (Lipinski definition) is 4. The molecule has 64 heavy (non-hydrogen) atoms. The molecule has 0 aliphatic carbocycles. The first kappa shape index (κ1) is 22.9. The van der Waals surface area contributed by atoms with Crippen LogP contribution in [0.15, 0.2) is 210 Å². The summed E-state index contributed by atoms with van der Waals surface area (Å²) < 4.78 is 157. The lowest BCUT2D eigenvalue weighted by Crippen LogP contribution is -2.11. The van der Waals surface area contributed by atoms with Crippen LogP contribution in [0.4, 0.5) is 0 Å². The van der Waals surface area contributed by atoms with Crippen molar-refractivity contribution in [1.82, 2.24) is 28.7 Å². The number of nitrogens with zero attached hydrogens (tertiary/aromatic N) is 6. The van der Waals surface area contributed by atoms with E-state index in [9.17, 15) is 11.0 Å². The van der Waals surface area contributed by atoms with Gasteiger partial charge in [0.05, 0.1) is 66.3 Å². The number of rotatable bonds is 5. The summed E-state index contributed by atoms with van der Waals surface area (Å²) >= 11 is 0. The smallest absolute Gasteiger partial charge is 0.240 e. The zero-order valence-electron chi connectivity index (χ0n) is 49.0. The molecular weight excluding hydrogens is 785 g/mol. The van der Waals surface area contributed by atoms with Crippen LogP contribution in [0, 0.1) is 0 Å². The van der Waals surface area contributed by atoms with Crippen molar-refractivity contribution in [2.75, 3.05) is 0 Å². The van der Waals surface area contributed by atoms with Crippen LogP contribution in [0.25, 0.3) is 127 Å². The van der Waals surface area contributed by atoms with Gasteiger partial charge in [-0.05, 0) is 65.6 Å². The van der Waals surface area contributed by atoms with Crippen molar-refractivity contribution in [1.29, 1.82) is 0 Å². The summed E-state index contributed by atoms with van der Waals surface area (Å²) in [5.74, 6) is -1.21. The second kappa shape index (κ2) is 13.3. The monoisotopic (exact) mass is 834 g/mol. The zero-order chi connectivity index (χ0) is 55.8. The molecule has 0 saturated carbocycles. The van der Waals surface area contributed by atoms with Crippen molar-refractivity contribution < 1.29 is 26.3 Å². The van der Waals surface area contributed by atoms with E-state index in [1.807, 2.05) is 114 Å². The molecule has 14 aromatic rings. The van der Waals surface area contributed by atoms with Gasteiger partial charge >= 0.3 is 0 Å². The minimum atomic E-state index is -0.717. The Balaban J connectivity index is 1.26. The summed E-state index contributed by atoms with van der Waals surface area (Å²) in [7, 11) is 0. The van der Waals surface area contributed by atoms with Gasteiger partial charge in [0.1, 0.15) is 11.2 Å². The second-order valence-corrected chi connectivity index (χ2v) is 15.2. The van der Waals surface area contributed by atoms with Crippen LogP contribution >= 0.6 is 0 Å². The largest absolute Gasteiger partial charge is 0.456 e. The van der Waals surface area contributed by atoms with E-state index in [1.54, 1.807) is 0 Å².